The summed E-state index contributed by atoms with van der Waals surface area (Å²) in [6, 6.07) is 14.5. The van der Waals surface area contributed by atoms with Crippen molar-refractivity contribution >= 4 is 5.69 Å². The molecule has 0 radical (unpaired) electrons. The van der Waals surface area contributed by atoms with Gasteiger partial charge in [0.2, 0.25) is 0 Å². The van der Waals surface area contributed by atoms with E-state index in [1.54, 1.807) is 5.57 Å². The van der Waals surface area contributed by atoms with Gasteiger partial charge in [0, 0.05) is 47.7 Å². The van der Waals surface area contributed by atoms with E-state index in [-0.39, 0.29) is 0 Å². The Hall–Kier alpha value is -2.58. The van der Waals surface area contributed by atoms with Crippen molar-refractivity contribution in [2.45, 2.75) is 115 Å². The van der Waals surface area contributed by atoms with Crippen LogP contribution in [0, 0.1) is 52.8 Å². The number of benzene rings is 1. The molecule has 1 aromatic carbocycles. The van der Waals surface area contributed by atoms with Gasteiger partial charge >= 0.3 is 0 Å². The summed E-state index contributed by atoms with van der Waals surface area (Å²) in [7, 11) is 0. The summed E-state index contributed by atoms with van der Waals surface area (Å²) in [5.74, 6) is 6.20. The van der Waals surface area contributed by atoms with Crippen LogP contribution in [-0.2, 0) is 0 Å². The highest BCUT2D eigenvalue weighted by atomic mass is 15.3. The number of hydrogen-bond acceptors (Lipinski definition) is 2. The van der Waals surface area contributed by atoms with E-state index >= 15 is 0 Å². The summed E-state index contributed by atoms with van der Waals surface area (Å²) in [5.41, 5.74) is 5.41. The van der Waals surface area contributed by atoms with Gasteiger partial charge in [-0.1, -0.05) is 111 Å². The first-order chi connectivity index (χ1) is 23.1. The normalized spacial score (nSPS) is 45.7. The van der Waals surface area contributed by atoms with Crippen molar-refractivity contribution in [3.05, 3.63) is 102 Å². The zero-order chi connectivity index (χ0) is 31.3. The van der Waals surface area contributed by atoms with Gasteiger partial charge < -0.3 is 4.90 Å². The van der Waals surface area contributed by atoms with Crippen molar-refractivity contribution in [2.75, 3.05) is 4.90 Å². The largest absolute Gasteiger partial charge is 0.365 e. The van der Waals surface area contributed by atoms with Gasteiger partial charge in [0.15, 0.2) is 0 Å². The van der Waals surface area contributed by atoms with Gasteiger partial charge in [-0.2, -0.15) is 0 Å². The molecule has 10 rings (SSSR count). The molecule has 0 amide bonds. The molecule has 0 spiro atoms. The SMILES string of the molecule is CC1(C)C2=C(C=CC(N3C4C=CC=CC4C4CC(C5CCC6C(C5)C5C=CCCC5N6c5ccccc5)C=CC43)C2)C2CCCCC21. The van der Waals surface area contributed by atoms with Crippen LogP contribution < -0.4 is 4.90 Å². The second kappa shape index (κ2) is 11.2. The predicted molar refractivity (Wildman–Crippen MR) is 195 cm³/mol. The van der Waals surface area contributed by atoms with Gasteiger partial charge in [0.1, 0.15) is 0 Å². The number of anilines is 1. The summed E-state index contributed by atoms with van der Waals surface area (Å²) in [4.78, 5) is 5.88. The first-order valence-corrected chi connectivity index (χ1v) is 19.8. The van der Waals surface area contributed by atoms with E-state index in [1.165, 1.54) is 76.3 Å². The van der Waals surface area contributed by atoms with Crippen LogP contribution in [0.15, 0.2) is 102 Å². The number of rotatable bonds is 3. The Kier molecular flexibility index (Phi) is 7.01. The lowest BCUT2D eigenvalue weighted by atomic mass is 9.65. The van der Waals surface area contributed by atoms with Crippen LogP contribution in [0.5, 0.6) is 0 Å². The molecule has 9 aliphatic rings. The third-order valence-electron chi connectivity index (χ3n) is 15.6. The number of hydrogen-bond donors (Lipinski definition) is 0. The minimum atomic E-state index is 0.361. The van der Waals surface area contributed by atoms with E-state index in [2.05, 4.69) is 115 Å². The van der Waals surface area contributed by atoms with Gasteiger partial charge in [-0.3, -0.25) is 4.90 Å². The lowest BCUT2D eigenvalue weighted by molar-refractivity contribution is 0.142. The first kappa shape index (κ1) is 29.3. The topological polar surface area (TPSA) is 6.48 Å². The molecule has 47 heavy (non-hydrogen) atoms. The van der Waals surface area contributed by atoms with Crippen LogP contribution in [0.1, 0.15) is 84.5 Å². The summed E-state index contributed by atoms with van der Waals surface area (Å²) in [6.07, 6.45) is 40.9. The smallest absolute Gasteiger partial charge is 0.0371 e. The summed E-state index contributed by atoms with van der Waals surface area (Å²) in [6.45, 7) is 5.20. The molecule has 1 aromatic rings. The molecule has 7 aliphatic carbocycles. The Morgan fingerprint density at radius 3 is 2.51 bits per heavy atom. The lowest BCUT2D eigenvalue weighted by Gasteiger charge is -2.43. The Balaban J connectivity index is 0.903. The van der Waals surface area contributed by atoms with Crippen molar-refractivity contribution in [1.29, 1.82) is 0 Å². The van der Waals surface area contributed by atoms with E-state index in [0.717, 1.165) is 41.4 Å². The van der Waals surface area contributed by atoms with Gasteiger partial charge in [0.05, 0.1) is 0 Å². The van der Waals surface area contributed by atoms with E-state index < -0.39 is 0 Å². The molecule has 0 N–H and O–H groups in total. The molecular formula is C45H56N2. The fraction of sp³-hybridized carbons (Fsp3) is 0.600. The van der Waals surface area contributed by atoms with Crippen molar-refractivity contribution in [2.24, 2.45) is 52.8 Å². The minimum Gasteiger partial charge on any atom is -0.365 e. The average molecular weight is 625 g/mol. The molecule has 0 bridgehead atoms. The minimum absolute atomic E-state index is 0.361. The molecule has 2 saturated carbocycles. The van der Waals surface area contributed by atoms with E-state index in [1.807, 2.05) is 5.57 Å². The molecular weight excluding hydrogens is 569 g/mol. The molecule has 13 atom stereocenters. The van der Waals surface area contributed by atoms with E-state index in [4.69, 9.17) is 0 Å². The maximum atomic E-state index is 2.99. The molecule has 246 valence electrons. The van der Waals surface area contributed by atoms with Gasteiger partial charge in [0.25, 0.3) is 0 Å². The van der Waals surface area contributed by atoms with Crippen molar-refractivity contribution in [3.8, 4) is 0 Å². The molecule has 13 unspecified atom stereocenters. The molecule has 4 fully saturated rings. The monoisotopic (exact) mass is 624 g/mol. The third-order valence-corrected chi connectivity index (χ3v) is 15.6. The molecule has 2 heteroatoms. The van der Waals surface area contributed by atoms with Crippen molar-refractivity contribution in [3.63, 3.8) is 0 Å². The Morgan fingerprint density at radius 1 is 0.723 bits per heavy atom. The fourth-order valence-electron chi connectivity index (χ4n) is 13.6. The molecule has 2 saturated heterocycles. The number of fused-ring (bicyclic) bond motifs is 8. The molecule has 0 aromatic heterocycles. The van der Waals surface area contributed by atoms with Crippen LogP contribution >= 0.6 is 0 Å². The predicted octanol–water partition coefficient (Wildman–Crippen LogP) is 10.1. The van der Waals surface area contributed by atoms with E-state index in [0.29, 0.717) is 41.5 Å². The maximum Gasteiger partial charge on any atom is 0.0371 e. The summed E-state index contributed by atoms with van der Waals surface area (Å²) >= 11 is 0. The third kappa shape index (κ3) is 4.45. The summed E-state index contributed by atoms with van der Waals surface area (Å²) in [5, 5.41) is 0. The first-order valence-electron chi connectivity index (χ1n) is 19.8. The highest BCUT2D eigenvalue weighted by Gasteiger charge is 2.55. The van der Waals surface area contributed by atoms with Crippen LogP contribution in [0.25, 0.3) is 0 Å². The average Bonchev–Trinajstić information content (AvgIpc) is 3.71. The maximum absolute atomic E-state index is 2.99. The molecule has 2 heterocycles. The van der Waals surface area contributed by atoms with E-state index in [9.17, 15) is 0 Å². The number of allylic oxidation sites excluding steroid dienone is 6. The number of para-hydroxylation sites is 1. The lowest BCUT2D eigenvalue weighted by Crippen LogP contribution is -2.46. The fourth-order valence-corrected chi connectivity index (χ4v) is 13.6. The quantitative estimate of drug-likeness (QED) is 0.309. The second-order valence-corrected chi connectivity index (χ2v) is 17.7. The van der Waals surface area contributed by atoms with Gasteiger partial charge in [-0.05, 0) is 116 Å². The van der Waals surface area contributed by atoms with Crippen LogP contribution in [0.3, 0.4) is 0 Å². The highest BCUT2D eigenvalue weighted by Crippen LogP contribution is 2.60. The number of nitrogens with zero attached hydrogens (tertiary/aromatic N) is 2. The van der Waals surface area contributed by atoms with Crippen LogP contribution in [0.2, 0.25) is 0 Å². The molecule has 2 nitrogen and oxygen atoms in total. The Morgan fingerprint density at radius 2 is 1.60 bits per heavy atom. The van der Waals surface area contributed by atoms with Crippen LogP contribution in [0.4, 0.5) is 5.69 Å². The van der Waals surface area contributed by atoms with Crippen molar-refractivity contribution in [1.82, 2.24) is 4.90 Å². The van der Waals surface area contributed by atoms with Crippen LogP contribution in [-0.4, -0.2) is 35.1 Å². The zero-order valence-electron chi connectivity index (χ0n) is 28.8. The van der Waals surface area contributed by atoms with Gasteiger partial charge in [-0.15, -0.1) is 0 Å². The zero-order valence-corrected chi connectivity index (χ0v) is 28.8. The highest BCUT2D eigenvalue weighted by molar-refractivity contribution is 5.51. The van der Waals surface area contributed by atoms with Gasteiger partial charge in [-0.25, -0.2) is 0 Å². The Bertz CT molecular complexity index is 1550. The Labute approximate surface area is 284 Å². The second-order valence-electron chi connectivity index (χ2n) is 17.7. The molecule has 2 aliphatic heterocycles. The number of likely N-dealkylation sites (tertiary alicyclic amines) is 1. The standard InChI is InChI=1S/C45H56N2/c1-45(2)39-17-9-6-14-33(39)34-23-22-32(28-40(34)45)47-42-19-11-8-16-36(42)38-27-30(21-25-44(38)47)29-20-24-43-37(26-29)35-15-7-10-18-41(35)46(43)31-12-4-3-5-13-31/h3-5,7-8,11-13,15-16,19,21-23,25,29-30,32-33,35-39,41-44H,6,9-10,14,17-18,20,24,26-28H2,1-2H3. The summed E-state index contributed by atoms with van der Waals surface area (Å²) < 4.78 is 0. The van der Waals surface area contributed by atoms with Crippen molar-refractivity contribution < 1.29 is 0 Å².